The normalized spacial score (nSPS) is 37.2. The Bertz CT molecular complexity index is 1490. The molecule has 4 aliphatic rings. The number of hydrogen-bond donors (Lipinski definition) is 4. The van der Waals surface area contributed by atoms with E-state index in [0.717, 1.165) is 27.5 Å². The summed E-state index contributed by atoms with van der Waals surface area (Å²) in [6.45, 7) is -0.535. The van der Waals surface area contributed by atoms with Crippen LogP contribution in [0.4, 0.5) is 0 Å². The van der Waals surface area contributed by atoms with Gasteiger partial charge in [0.1, 0.15) is 24.1 Å². The number of hydrogen-bond acceptors (Lipinski definition) is 8. The lowest BCUT2D eigenvalue weighted by atomic mass is 9.60. The van der Waals surface area contributed by atoms with Crippen molar-refractivity contribution in [1.82, 2.24) is 0 Å². The van der Waals surface area contributed by atoms with Crippen LogP contribution in [-0.2, 0) is 26.1 Å². The molecule has 202 valence electrons. The summed E-state index contributed by atoms with van der Waals surface area (Å²) in [7, 11) is 0. The molecule has 7 rings (SSSR count). The highest BCUT2D eigenvalue weighted by Crippen LogP contribution is 2.63. The molecule has 3 aliphatic carbocycles. The highest BCUT2D eigenvalue weighted by molar-refractivity contribution is 6.09. The van der Waals surface area contributed by atoms with Crippen molar-refractivity contribution in [3.8, 4) is 0 Å². The van der Waals surface area contributed by atoms with Gasteiger partial charge in [0.15, 0.2) is 12.1 Å². The fraction of sp³-hybridized carbons (Fsp3) is 0.419. The van der Waals surface area contributed by atoms with Gasteiger partial charge >= 0.3 is 0 Å². The van der Waals surface area contributed by atoms with Crippen molar-refractivity contribution in [2.24, 2.45) is 11.7 Å². The van der Waals surface area contributed by atoms with E-state index in [1.807, 2.05) is 60.7 Å². The van der Waals surface area contributed by atoms with Gasteiger partial charge in [-0.3, -0.25) is 9.59 Å². The topological polar surface area (TPSA) is 139 Å². The molecule has 0 bridgehead atoms. The maximum absolute atomic E-state index is 14.3. The van der Waals surface area contributed by atoms with Crippen molar-refractivity contribution in [3.05, 3.63) is 82.9 Å². The number of ether oxygens (including phenoxy) is 2. The van der Waals surface area contributed by atoms with Crippen LogP contribution in [0.5, 0.6) is 0 Å². The number of carbonyl (C=O) groups excluding carboxylic acids is 2. The summed E-state index contributed by atoms with van der Waals surface area (Å²) >= 11 is 0. The standard InChI is InChI=1S/C31H31NO7/c32-26-29(37)28(36)22(14-33)38-30(26)39-24-13-20-25(31(24)21-8-4-3-5-15(21)9-10-23(31)34)18-11-16-6-1-2-7-17(16)12-19(18)27(20)35/h1-8,11-12,20,22,24-26,28-30,33,36-37H,9-10,13-14,32H2/t20-,22+,24-,25-,26+,28+,29+,30-,31-/m1/s1. The molecule has 8 nitrogen and oxygen atoms in total. The molecule has 1 heterocycles. The van der Waals surface area contributed by atoms with E-state index >= 15 is 0 Å². The molecule has 1 saturated heterocycles. The highest BCUT2D eigenvalue weighted by atomic mass is 16.7. The molecule has 0 unspecified atom stereocenters. The SMILES string of the molecule is N[C@@H]1[C@@H](O[C@@H]2C[C@H]3C(=O)c4cc5ccccc5cc4[C@H]3[C@]23C(=O)CCc2ccccc23)O[C@@H](CO)[C@H](O)[C@H]1O. The maximum atomic E-state index is 14.3. The van der Waals surface area contributed by atoms with Gasteiger partial charge in [-0.05, 0) is 46.4 Å². The van der Waals surface area contributed by atoms with E-state index in [-0.39, 0.29) is 18.0 Å². The van der Waals surface area contributed by atoms with Crippen LogP contribution in [0.1, 0.15) is 45.8 Å². The zero-order chi connectivity index (χ0) is 27.1. The zero-order valence-corrected chi connectivity index (χ0v) is 21.3. The number of aliphatic hydroxyl groups is 3. The molecule has 1 saturated carbocycles. The number of aliphatic hydroxyl groups excluding tert-OH is 3. The second kappa shape index (κ2) is 9.02. The molecule has 0 radical (unpaired) electrons. The van der Waals surface area contributed by atoms with Crippen LogP contribution in [-0.4, -0.2) is 70.2 Å². The Morgan fingerprint density at radius 1 is 0.974 bits per heavy atom. The van der Waals surface area contributed by atoms with Crippen molar-refractivity contribution in [2.45, 2.75) is 67.3 Å². The van der Waals surface area contributed by atoms with E-state index < -0.39 is 60.6 Å². The number of fused-ring (bicyclic) bond motifs is 7. The predicted molar refractivity (Wildman–Crippen MR) is 141 cm³/mol. The average molecular weight is 530 g/mol. The van der Waals surface area contributed by atoms with Crippen LogP contribution < -0.4 is 5.73 Å². The lowest BCUT2D eigenvalue weighted by molar-refractivity contribution is -0.281. The number of nitrogens with two attached hydrogens (primary N) is 1. The summed E-state index contributed by atoms with van der Waals surface area (Å²) < 4.78 is 12.3. The summed E-state index contributed by atoms with van der Waals surface area (Å²) in [5, 5.41) is 32.6. The Kier molecular flexibility index (Phi) is 5.79. The molecule has 5 N–H and O–H groups in total. The minimum atomic E-state index is -1.39. The monoisotopic (exact) mass is 529 g/mol. The fourth-order valence-corrected chi connectivity index (χ4v) is 7.71. The molecule has 8 heteroatoms. The summed E-state index contributed by atoms with van der Waals surface area (Å²) in [5.41, 5.74) is 8.51. The molecule has 1 spiro atoms. The van der Waals surface area contributed by atoms with E-state index in [0.29, 0.717) is 18.4 Å². The molecular formula is C31H31NO7. The Labute approximate surface area is 225 Å². The molecule has 39 heavy (non-hydrogen) atoms. The van der Waals surface area contributed by atoms with Gasteiger partial charge in [0, 0.05) is 23.8 Å². The van der Waals surface area contributed by atoms with E-state index in [1.54, 1.807) is 0 Å². The van der Waals surface area contributed by atoms with Crippen molar-refractivity contribution >= 4 is 22.3 Å². The van der Waals surface area contributed by atoms with Gasteiger partial charge in [0.25, 0.3) is 0 Å². The first-order valence-electron chi connectivity index (χ1n) is 13.6. The third-order valence-electron chi connectivity index (χ3n) is 9.50. The van der Waals surface area contributed by atoms with Gasteiger partial charge in [-0.2, -0.15) is 0 Å². The van der Waals surface area contributed by atoms with Gasteiger partial charge in [0.2, 0.25) is 0 Å². The molecule has 3 aromatic rings. The van der Waals surface area contributed by atoms with E-state index in [2.05, 4.69) is 0 Å². The lowest BCUT2D eigenvalue weighted by Crippen LogP contribution is -2.64. The summed E-state index contributed by atoms with van der Waals surface area (Å²) in [6.07, 6.45) is -4.60. The van der Waals surface area contributed by atoms with Gasteiger partial charge in [-0.25, -0.2) is 0 Å². The summed E-state index contributed by atoms with van der Waals surface area (Å²) in [6, 6.07) is 18.6. The molecule has 3 aromatic carbocycles. The first kappa shape index (κ1) is 25.0. The largest absolute Gasteiger partial charge is 0.394 e. The average Bonchev–Trinajstić information content (AvgIpc) is 3.42. The number of ketones is 2. The second-order valence-electron chi connectivity index (χ2n) is 11.3. The van der Waals surface area contributed by atoms with Crippen LogP contribution >= 0.6 is 0 Å². The molecular weight excluding hydrogens is 498 g/mol. The van der Waals surface area contributed by atoms with E-state index in [9.17, 15) is 24.9 Å². The minimum Gasteiger partial charge on any atom is -0.394 e. The van der Waals surface area contributed by atoms with Gasteiger partial charge in [-0.1, -0.05) is 54.6 Å². The first-order valence-corrected chi connectivity index (χ1v) is 13.6. The van der Waals surface area contributed by atoms with Crippen molar-refractivity contribution in [2.75, 3.05) is 6.61 Å². The van der Waals surface area contributed by atoms with Gasteiger partial charge in [-0.15, -0.1) is 0 Å². The Morgan fingerprint density at radius 3 is 2.46 bits per heavy atom. The van der Waals surface area contributed by atoms with E-state index in [4.69, 9.17) is 15.2 Å². The number of benzene rings is 3. The molecule has 2 fully saturated rings. The van der Waals surface area contributed by atoms with Gasteiger partial charge in [0.05, 0.1) is 24.2 Å². The van der Waals surface area contributed by atoms with Crippen LogP contribution in [0.3, 0.4) is 0 Å². The van der Waals surface area contributed by atoms with E-state index in [1.165, 1.54) is 0 Å². The second-order valence-corrected chi connectivity index (χ2v) is 11.3. The van der Waals surface area contributed by atoms with Crippen LogP contribution in [0.15, 0.2) is 60.7 Å². The molecule has 0 aromatic heterocycles. The lowest BCUT2D eigenvalue weighted by Gasteiger charge is -2.46. The number of carbonyl (C=O) groups is 2. The third-order valence-corrected chi connectivity index (χ3v) is 9.50. The van der Waals surface area contributed by atoms with Crippen LogP contribution in [0.2, 0.25) is 0 Å². The highest BCUT2D eigenvalue weighted by Gasteiger charge is 2.67. The van der Waals surface area contributed by atoms with Gasteiger partial charge < -0.3 is 30.5 Å². The third kappa shape index (κ3) is 3.40. The van der Waals surface area contributed by atoms with Crippen molar-refractivity contribution in [1.29, 1.82) is 0 Å². The van der Waals surface area contributed by atoms with Crippen molar-refractivity contribution < 1.29 is 34.4 Å². The minimum absolute atomic E-state index is 0.000338. The zero-order valence-electron chi connectivity index (χ0n) is 21.3. The Balaban J connectivity index is 1.40. The predicted octanol–water partition coefficient (Wildman–Crippen LogP) is 1.74. The molecule has 1 aliphatic heterocycles. The molecule has 9 atom stereocenters. The Morgan fingerprint density at radius 2 is 1.69 bits per heavy atom. The smallest absolute Gasteiger partial charge is 0.176 e. The fourth-order valence-electron chi connectivity index (χ4n) is 7.71. The molecule has 0 amide bonds. The number of aryl methyl sites for hydroxylation is 1. The van der Waals surface area contributed by atoms with Crippen molar-refractivity contribution in [3.63, 3.8) is 0 Å². The Hall–Kier alpha value is -2.98. The van der Waals surface area contributed by atoms with Crippen LogP contribution in [0, 0.1) is 5.92 Å². The summed E-state index contributed by atoms with van der Waals surface area (Å²) in [5.74, 6) is -0.885. The quantitative estimate of drug-likeness (QED) is 0.403. The first-order chi connectivity index (χ1) is 18.9. The number of Topliss-reactive ketones (excluding diaryl/α,β-unsaturated/α-hetero) is 2. The summed E-state index contributed by atoms with van der Waals surface area (Å²) in [4.78, 5) is 28.2. The maximum Gasteiger partial charge on any atom is 0.176 e. The number of rotatable bonds is 3. The van der Waals surface area contributed by atoms with Crippen LogP contribution in [0.25, 0.3) is 10.8 Å².